The van der Waals surface area contributed by atoms with Gasteiger partial charge in [0.1, 0.15) is 23.3 Å². The van der Waals surface area contributed by atoms with Gasteiger partial charge in [-0.15, -0.1) is 12.6 Å². The second-order valence-corrected chi connectivity index (χ2v) is 7.20. The summed E-state index contributed by atoms with van der Waals surface area (Å²) in [4.78, 5) is 18.2. The lowest BCUT2D eigenvalue weighted by Crippen LogP contribution is -2.42. The van der Waals surface area contributed by atoms with Crippen molar-refractivity contribution in [2.45, 2.75) is 24.0 Å². The fraction of sp³-hybridized carbons (Fsp3) is 0.333. The van der Waals surface area contributed by atoms with E-state index in [1.165, 1.54) is 4.90 Å². The van der Waals surface area contributed by atoms with Gasteiger partial charge in [-0.3, -0.25) is 4.99 Å². The average Bonchev–Trinajstić information content (AvgIpc) is 3.14. The van der Waals surface area contributed by atoms with Crippen LogP contribution in [0, 0.1) is 0 Å². The van der Waals surface area contributed by atoms with Crippen molar-refractivity contribution in [3.05, 3.63) is 65.7 Å². The number of methoxy groups -OCH3 is 1. The Morgan fingerprint density at radius 1 is 1.29 bits per heavy atom. The summed E-state index contributed by atoms with van der Waals surface area (Å²) in [5, 5.41) is 10.2. The zero-order valence-corrected chi connectivity index (χ0v) is 16.6. The molecule has 2 atom stereocenters. The van der Waals surface area contributed by atoms with E-state index >= 15 is 0 Å². The summed E-state index contributed by atoms with van der Waals surface area (Å²) in [5.41, 5.74) is 0.497. The number of hydrogen-bond donors (Lipinski definition) is 2. The maximum Gasteiger partial charge on any atom is 0.410 e. The number of ether oxygens (including phenoxy) is 2. The molecule has 1 aliphatic rings. The molecule has 1 amide bonds. The van der Waals surface area contributed by atoms with Crippen LogP contribution in [-0.2, 0) is 11.3 Å². The summed E-state index contributed by atoms with van der Waals surface area (Å²) in [6.45, 7) is 0.717. The second kappa shape index (κ2) is 9.12. The van der Waals surface area contributed by atoms with Gasteiger partial charge in [0.25, 0.3) is 0 Å². The first kappa shape index (κ1) is 20.2. The van der Waals surface area contributed by atoms with Gasteiger partial charge in [0.2, 0.25) is 0 Å². The number of para-hydroxylation sites is 1. The molecule has 0 spiro atoms. The van der Waals surface area contributed by atoms with E-state index in [-0.39, 0.29) is 13.2 Å². The number of benzene rings is 2. The van der Waals surface area contributed by atoms with Crippen LogP contribution in [0.2, 0.25) is 0 Å². The Morgan fingerprint density at radius 3 is 2.75 bits per heavy atom. The standard InChI is InChI=1S/C21H24N2O4S/c1-26-18-10-6-5-9-17(18)13-22-19(28)21(25)11-12-23(15-21)20(24)27-14-16-7-3-2-4-8-16/h2-10,13,19,25,28H,11-12,14-15H2,1H3/b22-13+. The smallest absolute Gasteiger partial charge is 0.410 e. The van der Waals surface area contributed by atoms with Gasteiger partial charge in [-0.05, 0) is 24.1 Å². The highest BCUT2D eigenvalue weighted by Gasteiger charge is 2.43. The first-order valence-electron chi connectivity index (χ1n) is 9.04. The van der Waals surface area contributed by atoms with Gasteiger partial charge in [-0.1, -0.05) is 42.5 Å². The van der Waals surface area contributed by atoms with Crippen LogP contribution < -0.4 is 4.74 Å². The van der Waals surface area contributed by atoms with E-state index in [0.29, 0.717) is 18.7 Å². The minimum atomic E-state index is -1.21. The Hall–Kier alpha value is -2.51. The number of β-amino-alcohol motifs (C(OH)–C–C–N with tert-alkyl or cyclic N) is 1. The van der Waals surface area contributed by atoms with Crippen LogP contribution >= 0.6 is 12.6 Å². The quantitative estimate of drug-likeness (QED) is 0.577. The van der Waals surface area contributed by atoms with Crippen molar-refractivity contribution in [1.29, 1.82) is 0 Å². The molecule has 1 heterocycles. The molecule has 6 nitrogen and oxygen atoms in total. The van der Waals surface area contributed by atoms with Crippen molar-refractivity contribution in [3.8, 4) is 5.75 Å². The SMILES string of the molecule is COc1ccccc1/C=N/C(S)C1(O)CCN(C(=O)OCc2ccccc2)C1. The number of thiol groups is 1. The number of nitrogens with zero attached hydrogens (tertiary/aromatic N) is 2. The van der Waals surface area contributed by atoms with Crippen molar-refractivity contribution >= 4 is 24.9 Å². The number of carbonyl (C=O) groups is 1. The van der Waals surface area contributed by atoms with Crippen LogP contribution in [0.4, 0.5) is 4.79 Å². The van der Waals surface area contributed by atoms with E-state index in [1.807, 2.05) is 54.6 Å². The summed E-state index contributed by atoms with van der Waals surface area (Å²) in [7, 11) is 1.59. The molecule has 1 N–H and O–H groups in total. The molecule has 1 aliphatic heterocycles. The van der Waals surface area contributed by atoms with Gasteiger partial charge in [-0.2, -0.15) is 0 Å². The van der Waals surface area contributed by atoms with E-state index < -0.39 is 17.1 Å². The van der Waals surface area contributed by atoms with Crippen LogP contribution in [-0.4, -0.2) is 53.5 Å². The molecule has 0 saturated carbocycles. The average molecular weight is 401 g/mol. The Labute approximate surface area is 170 Å². The fourth-order valence-electron chi connectivity index (χ4n) is 3.06. The van der Waals surface area contributed by atoms with Crippen molar-refractivity contribution < 1.29 is 19.4 Å². The van der Waals surface area contributed by atoms with Gasteiger partial charge < -0.3 is 19.5 Å². The van der Waals surface area contributed by atoms with E-state index in [4.69, 9.17) is 9.47 Å². The lowest BCUT2D eigenvalue weighted by molar-refractivity contribution is 0.0438. The molecular formula is C21H24N2O4S. The van der Waals surface area contributed by atoms with Crippen LogP contribution in [0.25, 0.3) is 0 Å². The number of aliphatic hydroxyl groups is 1. The molecular weight excluding hydrogens is 376 g/mol. The Balaban J connectivity index is 1.57. The minimum absolute atomic E-state index is 0.123. The largest absolute Gasteiger partial charge is 0.496 e. The van der Waals surface area contributed by atoms with Crippen LogP contribution in [0.15, 0.2) is 59.6 Å². The number of rotatable bonds is 6. The Morgan fingerprint density at radius 2 is 2.00 bits per heavy atom. The molecule has 148 valence electrons. The molecule has 1 fully saturated rings. The monoisotopic (exact) mass is 400 g/mol. The van der Waals surface area contributed by atoms with Crippen LogP contribution in [0.5, 0.6) is 5.75 Å². The first-order valence-corrected chi connectivity index (χ1v) is 9.56. The van der Waals surface area contributed by atoms with Gasteiger partial charge in [-0.25, -0.2) is 4.79 Å². The maximum atomic E-state index is 12.3. The van der Waals surface area contributed by atoms with Crippen molar-refractivity contribution in [2.24, 2.45) is 4.99 Å². The number of aliphatic imine (C=N–C) groups is 1. The fourth-order valence-corrected chi connectivity index (χ4v) is 3.33. The highest BCUT2D eigenvalue weighted by molar-refractivity contribution is 7.81. The van der Waals surface area contributed by atoms with Crippen molar-refractivity contribution in [3.63, 3.8) is 0 Å². The molecule has 2 aromatic carbocycles. The third-order valence-corrected chi connectivity index (χ3v) is 5.33. The number of amides is 1. The number of hydrogen-bond acceptors (Lipinski definition) is 6. The van der Waals surface area contributed by atoms with Gasteiger partial charge >= 0.3 is 6.09 Å². The molecule has 3 rings (SSSR count). The van der Waals surface area contributed by atoms with E-state index in [1.54, 1.807) is 13.3 Å². The molecule has 1 saturated heterocycles. The summed E-state index contributed by atoms with van der Waals surface area (Å²) in [5.74, 6) is 0.691. The highest BCUT2D eigenvalue weighted by Crippen LogP contribution is 2.29. The highest BCUT2D eigenvalue weighted by atomic mass is 32.1. The lowest BCUT2D eigenvalue weighted by atomic mass is 10.0. The predicted octanol–water partition coefficient (Wildman–Crippen LogP) is 3.14. The lowest BCUT2D eigenvalue weighted by Gasteiger charge is -2.26. The third kappa shape index (κ3) is 4.85. The summed E-state index contributed by atoms with van der Waals surface area (Å²) >= 11 is 4.46. The molecule has 0 aromatic heterocycles. The van der Waals surface area contributed by atoms with Crippen LogP contribution in [0.3, 0.4) is 0 Å². The zero-order valence-electron chi connectivity index (χ0n) is 15.7. The number of carbonyl (C=O) groups excluding carboxylic acids is 1. The molecule has 0 aliphatic carbocycles. The van der Waals surface area contributed by atoms with Gasteiger partial charge in [0.15, 0.2) is 0 Å². The van der Waals surface area contributed by atoms with Gasteiger partial charge in [0.05, 0.1) is 13.7 Å². The van der Waals surface area contributed by atoms with E-state index in [2.05, 4.69) is 17.6 Å². The molecule has 0 radical (unpaired) electrons. The normalized spacial score (nSPS) is 20.3. The zero-order chi connectivity index (χ0) is 20.0. The molecule has 0 bridgehead atoms. The van der Waals surface area contributed by atoms with Crippen molar-refractivity contribution in [2.75, 3.05) is 20.2 Å². The first-order chi connectivity index (χ1) is 13.5. The topological polar surface area (TPSA) is 71.4 Å². The molecule has 28 heavy (non-hydrogen) atoms. The second-order valence-electron chi connectivity index (χ2n) is 6.71. The summed E-state index contributed by atoms with van der Waals surface area (Å²) < 4.78 is 10.6. The minimum Gasteiger partial charge on any atom is -0.496 e. The molecule has 7 heteroatoms. The summed E-state index contributed by atoms with van der Waals surface area (Å²) in [6, 6.07) is 16.9. The number of likely N-dealkylation sites (tertiary alicyclic amines) is 1. The van der Waals surface area contributed by atoms with E-state index in [9.17, 15) is 9.90 Å². The van der Waals surface area contributed by atoms with Gasteiger partial charge in [0, 0.05) is 18.3 Å². The predicted molar refractivity (Wildman–Crippen MR) is 111 cm³/mol. The van der Waals surface area contributed by atoms with Crippen molar-refractivity contribution in [1.82, 2.24) is 4.90 Å². The molecule has 2 aromatic rings. The molecule has 2 unspecified atom stereocenters. The Bertz CT molecular complexity index is 830. The maximum absolute atomic E-state index is 12.3. The Kier molecular flexibility index (Phi) is 6.59. The van der Waals surface area contributed by atoms with Crippen LogP contribution in [0.1, 0.15) is 17.5 Å². The van der Waals surface area contributed by atoms with E-state index in [0.717, 1.165) is 11.1 Å². The summed E-state index contributed by atoms with van der Waals surface area (Å²) in [6.07, 6.45) is 1.56. The third-order valence-electron chi connectivity index (χ3n) is 4.72.